The fraction of sp³-hybridized carbons (Fsp3) is 0.143. The van der Waals surface area contributed by atoms with Crippen LogP contribution in [0, 0.1) is 0 Å². The first kappa shape index (κ1) is 21.7. The van der Waals surface area contributed by atoms with Crippen molar-refractivity contribution in [2.24, 2.45) is 5.73 Å². The summed E-state index contributed by atoms with van der Waals surface area (Å²) >= 11 is 10.3. The van der Waals surface area contributed by atoms with Crippen LogP contribution in [0.2, 0.25) is 0 Å². The van der Waals surface area contributed by atoms with Gasteiger partial charge < -0.3 is 10.5 Å². The smallest absolute Gasteiger partial charge is 0.118 e. The molecular formula is C21H25N2OPS2. The molecule has 0 amide bonds. The molecule has 142 valence electrons. The van der Waals surface area contributed by atoms with Crippen molar-refractivity contribution in [3.05, 3.63) is 96.1 Å². The Morgan fingerprint density at radius 3 is 1.85 bits per heavy atom. The highest BCUT2D eigenvalue weighted by molar-refractivity contribution is 8.65. The van der Waals surface area contributed by atoms with Crippen molar-refractivity contribution < 1.29 is 4.74 Å². The lowest BCUT2D eigenvalue weighted by atomic mass is 10.2. The van der Waals surface area contributed by atoms with Gasteiger partial charge in [0, 0.05) is 18.4 Å². The zero-order chi connectivity index (χ0) is 19.5. The zero-order valence-corrected chi connectivity index (χ0v) is 17.9. The van der Waals surface area contributed by atoms with E-state index >= 15 is 0 Å². The number of nitrogens with two attached hydrogens (primary N) is 1. The average Bonchev–Trinajstić information content (AvgIpc) is 2.74. The molecule has 0 aliphatic heterocycles. The summed E-state index contributed by atoms with van der Waals surface area (Å²) in [5.41, 5.74) is 7.74. The van der Waals surface area contributed by atoms with E-state index in [1.54, 1.807) is 7.11 Å². The van der Waals surface area contributed by atoms with E-state index in [9.17, 15) is 0 Å². The minimum atomic E-state index is -2.02. The molecule has 3 aromatic rings. The maximum atomic E-state index is 5.61. The van der Waals surface area contributed by atoms with Crippen LogP contribution in [0.3, 0.4) is 0 Å². The van der Waals surface area contributed by atoms with Crippen molar-refractivity contribution in [2.45, 2.75) is 13.1 Å². The van der Waals surface area contributed by atoms with Gasteiger partial charge in [-0.15, -0.1) is 12.2 Å². The highest BCUT2D eigenvalue weighted by Gasteiger charge is 2.13. The van der Waals surface area contributed by atoms with Gasteiger partial charge in [0.2, 0.25) is 0 Å². The molecule has 0 saturated heterocycles. The molecule has 1 unspecified atom stereocenters. The molecule has 3 N–H and O–H groups in total. The Labute approximate surface area is 172 Å². The van der Waals surface area contributed by atoms with Crippen LogP contribution < -0.4 is 20.9 Å². The minimum Gasteiger partial charge on any atom is -0.497 e. The molecule has 0 aliphatic carbocycles. The van der Waals surface area contributed by atoms with E-state index in [4.69, 9.17) is 22.3 Å². The van der Waals surface area contributed by atoms with Crippen LogP contribution in [-0.4, -0.2) is 7.11 Å². The van der Waals surface area contributed by atoms with Crippen molar-refractivity contribution in [1.29, 1.82) is 0 Å². The van der Waals surface area contributed by atoms with Gasteiger partial charge >= 0.3 is 0 Å². The molecule has 0 heterocycles. The van der Waals surface area contributed by atoms with Gasteiger partial charge in [-0.1, -0.05) is 72.5 Å². The van der Waals surface area contributed by atoms with Crippen molar-refractivity contribution in [1.82, 2.24) is 5.09 Å². The lowest BCUT2D eigenvalue weighted by Crippen LogP contribution is -2.15. The van der Waals surface area contributed by atoms with E-state index in [0.717, 1.165) is 17.6 Å². The summed E-state index contributed by atoms with van der Waals surface area (Å²) in [6.07, 6.45) is 0. The number of nitrogens with one attached hydrogen (secondary N) is 1. The standard InChI is InChI=1S/C14H16NOPS2.C7H9N/c1-16-13-7-9-14(10-8-13)17(18,19)15-11-12-5-3-2-4-6-12;8-6-7-4-2-1-3-5-7/h2-10H,11H2,1H3,(H2,15,18,19);1-5H,6,8H2. The molecule has 0 fully saturated rings. The summed E-state index contributed by atoms with van der Waals surface area (Å²) in [5.74, 6) is 0.829. The number of benzene rings is 3. The van der Waals surface area contributed by atoms with E-state index in [1.807, 2.05) is 72.8 Å². The number of methoxy groups -OCH3 is 1. The van der Waals surface area contributed by atoms with E-state index in [0.29, 0.717) is 6.54 Å². The van der Waals surface area contributed by atoms with Crippen LogP contribution >= 0.6 is 17.6 Å². The molecule has 0 saturated carbocycles. The second-order valence-electron chi connectivity index (χ2n) is 5.78. The lowest BCUT2D eigenvalue weighted by Gasteiger charge is -2.18. The van der Waals surface area contributed by atoms with Crippen LogP contribution in [0.5, 0.6) is 5.75 Å². The zero-order valence-electron chi connectivity index (χ0n) is 15.3. The Balaban J connectivity index is 0.000000273. The second-order valence-corrected chi connectivity index (χ2v) is 12.0. The molecule has 0 spiro atoms. The molecule has 1 atom stereocenters. The Bertz CT molecular complexity index is 843. The van der Waals surface area contributed by atoms with Crippen LogP contribution in [-0.2, 0) is 24.9 Å². The van der Waals surface area contributed by atoms with Crippen LogP contribution in [0.25, 0.3) is 0 Å². The predicted molar refractivity (Wildman–Crippen MR) is 124 cm³/mol. The van der Waals surface area contributed by atoms with Crippen LogP contribution in [0.15, 0.2) is 84.9 Å². The molecule has 3 nitrogen and oxygen atoms in total. The normalized spacial score (nSPS) is 12.4. The quantitative estimate of drug-likeness (QED) is 0.409. The van der Waals surface area contributed by atoms with Gasteiger partial charge in [-0.2, -0.15) is 0 Å². The van der Waals surface area contributed by atoms with Gasteiger partial charge in [0.05, 0.1) is 12.5 Å². The van der Waals surface area contributed by atoms with Crippen LogP contribution in [0.1, 0.15) is 11.1 Å². The molecule has 27 heavy (non-hydrogen) atoms. The number of hydrogen-bond donors (Lipinski definition) is 3. The number of hydrogen-bond acceptors (Lipinski definition) is 3. The number of thiol groups is 1. The minimum absolute atomic E-state index is 0.640. The van der Waals surface area contributed by atoms with E-state index in [-0.39, 0.29) is 0 Å². The second kappa shape index (κ2) is 11.3. The molecule has 3 aromatic carbocycles. The van der Waals surface area contributed by atoms with Crippen molar-refractivity contribution in [3.63, 3.8) is 0 Å². The highest BCUT2D eigenvalue weighted by Crippen LogP contribution is 2.45. The van der Waals surface area contributed by atoms with Gasteiger partial charge in [-0.3, -0.25) is 5.09 Å². The first-order chi connectivity index (χ1) is 13.0. The number of rotatable bonds is 6. The fourth-order valence-electron chi connectivity index (χ4n) is 2.28. The summed E-state index contributed by atoms with van der Waals surface area (Å²) < 4.78 is 5.14. The molecule has 6 heteroatoms. The molecule has 0 aromatic heterocycles. The Morgan fingerprint density at radius 2 is 1.41 bits per heavy atom. The van der Waals surface area contributed by atoms with Gasteiger partial charge in [0.1, 0.15) is 5.75 Å². The molecule has 0 bridgehead atoms. The third-order valence-electron chi connectivity index (χ3n) is 3.84. The van der Waals surface area contributed by atoms with Crippen molar-refractivity contribution in [2.75, 3.05) is 7.11 Å². The molecular weight excluding hydrogens is 391 g/mol. The van der Waals surface area contributed by atoms with E-state index in [2.05, 4.69) is 29.5 Å². The molecule has 0 radical (unpaired) electrons. The summed E-state index contributed by atoms with van der Waals surface area (Å²) in [6, 6.07) is 28.0. The van der Waals surface area contributed by atoms with Gasteiger partial charge in [0.15, 0.2) is 0 Å². The summed E-state index contributed by atoms with van der Waals surface area (Å²) in [7, 11) is 1.65. The lowest BCUT2D eigenvalue weighted by molar-refractivity contribution is 0.415. The number of ether oxygens (including phenoxy) is 1. The third-order valence-corrected chi connectivity index (χ3v) is 7.56. The largest absolute Gasteiger partial charge is 0.497 e. The summed E-state index contributed by atoms with van der Waals surface area (Å²) in [5, 5.41) is 2.40. The van der Waals surface area contributed by atoms with Gasteiger partial charge in [-0.25, -0.2) is 0 Å². The Morgan fingerprint density at radius 1 is 0.889 bits per heavy atom. The summed E-state index contributed by atoms with van der Waals surface area (Å²) in [6.45, 7) is 1.37. The Kier molecular flexibility index (Phi) is 9.05. The Hall–Kier alpha value is -1.62. The first-order valence-electron chi connectivity index (χ1n) is 8.55. The van der Waals surface area contributed by atoms with E-state index in [1.165, 1.54) is 11.1 Å². The fourth-order valence-corrected chi connectivity index (χ4v) is 4.59. The first-order valence-corrected chi connectivity index (χ1v) is 12.5. The molecule has 0 aliphatic rings. The highest BCUT2D eigenvalue weighted by atomic mass is 32.9. The SMILES string of the molecule is COc1ccc(P(=S)(S)NCc2ccccc2)cc1.NCc1ccccc1. The third kappa shape index (κ3) is 7.49. The predicted octanol–water partition coefficient (Wildman–Crippen LogP) is 4.49. The average molecular weight is 417 g/mol. The monoisotopic (exact) mass is 416 g/mol. The van der Waals surface area contributed by atoms with Crippen LogP contribution in [0.4, 0.5) is 0 Å². The molecule has 3 rings (SSSR count). The van der Waals surface area contributed by atoms with Gasteiger partial charge in [0.25, 0.3) is 0 Å². The summed E-state index contributed by atoms with van der Waals surface area (Å²) in [4.78, 5) is 0. The van der Waals surface area contributed by atoms with E-state index < -0.39 is 5.39 Å². The van der Waals surface area contributed by atoms with Crippen molar-refractivity contribution >= 4 is 34.8 Å². The topological polar surface area (TPSA) is 47.3 Å². The maximum absolute atomic E-state index is 5.61. The van der Waals surface area contributed by atoms with Crippen molar-refractivity contribution in [3.8, 4) is 5.75 Å². The van der Waals surface area contributed by atoms with Gasteiger partial charge in [-0.05, 0) is 35.4 Å². The maximum Gasteiger partial charge on any atom is 0.118 e.